The lowest BCUT2D eigenvalue weighted by atomic mass is 9.94. The molecule has 0 bridgehead atoms. The van der Waals surface area contributed by atoms with Gasteiger partial charge in [0.05, 0.1) is 0 Å². The van der Waals surface area contributed by atoms with Crippen LogP contribution in [0.3, 0.4) is 0 Å². The maximum Gasteiger partial charge on any atom is 0.410 e. The number of ether oxygens (including phenoxy) is 1. The summed E-state index contributed by atoms with van der Waals surface area (Å²) in [4.78, 5) is 16.8. The Balaban J connectivity index is 1.43. The lowest BCUT2D eigenvalue weighted by Crippen LogP contribution is -2.45. The van der Waals surface area contributed by atoms with Gasteiger partial charge in [0, 0.05) is 19.6 Å². The van der Waals surface area contributed by atoms with Crippen LogP contribution in [-0.2, 0) is 11.3 Å². The van der Waals surface area contributed by atoms with Gasteiger partial charge in [0.2, 0.25) is 0 Å². The van der Waals surface area contributed by atoms with Crippen LogP contribution in [0.1, 0.15) is 38.2 Å². The van der Waals surface area contributed by atoms with Gasteiger partial charge >= 0.3 is 6.09 Å². The minimum Gasteiger partial charge on any atom is -0.445 e. The van der Waals surface area contributed by atoms with Gasteiger partial charge in [-0.3, -0.25) is 0 Å². The molecular weight excluding hydrogens is 300 g/mol. The second-order valence-electron chi connectivity index (χ2n) is 7.48. The van der Waals surface area contributed by atoms with Crippen molar-refractivity contribution >= 4 is 6.09 Å². The van der Waals surface area contributed by atoms with Crippen LogP contribution in [0.5, 0.6) is 0 Å². The third-order valence-electron chi connectivity index (χ3n) is 5.37. The quantitative estimate of drug-likeness (QED) is 0.842. The Hall–Kier alpha value is -1.55. The van der Waals surface area contributed by atoms with Crippen molar-refractivity contribution in [2.24, 2.45) is 11.8 Å². The molecule has 2 fully saturated rings. The first kappa shape index (κ1) is 17.3. The summed E-state index contributed by atoms with van der Waals surface area (Å²) < 4.78 is 5.49. The SMILES string of the molecule is CC1CCN(CC2CCCN(C(=O)OCc3ccccc3)C2)CC1. The van der Waals surface area contributed by atoms with E-state index >= 15 is 0 Å². The first-order valence-corrected chi connectivity index (χ1v) is 9.38. The Kier molecular flexibility index (Phi) is 6.13. The van der Waals surface area contributed by atoms with Gasteiger partial charge in [-0.15, -0.1) is 0 Å². The van der Waals surface area contributed by atoms with Crippen LogP contribution in [0.25, 0.3) is 0 Å². The first-order chi connectivity index (χ1) is 11.7. The van der Waals surface area contributed by atoms with E-state index in [1.807, 2.05) is 35.2 Å². The third kappa shape index (κ3) is 4.97. The van der Waals surface area contributed by atoms with E-state index in [1.165, 1.54) is 32.4 Å². The lowest BCUT2D eigenvalue weighted by Gasteiger charge is -2.37. The predicted molar refractivity (Wildman–Crippen MR) is 95.8 cm³/mol. The van der Waals surface area contributed by atoms with Crippen LogP contribution in [0.2, 0.25) is 0 Å². The molecule has 0 aromatic heterocycles. The number of amides is 1. The molecule has 0 saturated carbocycles. The highest BCUT2D eigenvalue weighted by Gasteiger charge is 2.27. The molecule has 1 amide bonds. The fourth-order valence-corrected chi connectivity index (χ4v) is 3.80. The summed E-state index contributed by atoms with van der Waals surface area (Å²) >= 11 is 0. The van der Waals surface area contributed by atoms with E-state index in [4.69, 9.17) is 4.74 Å². The zero-order valence-electron chi connectivity index (χ0n) is 14.8. The molecule has 24 heavy (non-hydrogen) atoms. The minimum absolute atomic E-state index is 0.157. The molecular formula is C20H30N2O2. The van der Waals surface area contributed by atoms with Crippen LogP contribution in [0.4, 0.5) is 4.79 Å². The van der Waals surface area contributed by atoms with Crippen molar-refractivity contribution in [1.82, 2.24) is 9.80 Å². The molecule has 0 aliphatic carbocycles. The molecule has 0 N–H and O–H groups in total. The fourth-order valence-electron chi connectivity index (χ4n) is 3.80. The largest absolute Gasteiger partial charge is 0.445 e. The van der Waals surface area contributed by atoms with E-state index in [-0.39, 0.29) is 6.09 Å². The third-order valence-corrected chi connectivity index (χ3v) is 5.37. The summed E-state index contributed by atoms with van der Waals surface area (Å²) in [7, 11) is 0. The van der Waals surface area contributed by atoms with E-state index in [1.54, 1.807) is 0 Å². The molecule has 2 aliphatic heterocycles. The molecule has 1 atom stereocenters. The summed E-state index contributed by atoms with van der Waals surface area (Å²) in [5.41, 5.74) is 1.04. The maximum atomic E-state index is 12.3. The van der Waals surface area contributed by atoms with Crippen molar-refractivity contribution in [1.29, 1.82) is 0 Å². The van der Waals surface area contributed by atoms with Gasteiger partial charge < -0.3 is 14.5 Å². The number of rotatable bonds is 4. The Morgan fingerprint density at radius 1 is 1.12 bits per heavy atom. The summed E-state index contributed by atoms with van der Waals surface area (Å²) in [6, 6.07) is 9.90. The molecule has 132 valence electrons. The molecule has 1 aromatic carbocycles. The normalized spacial score (nSPS) is 23.2. The van der Waals surface area contributed by atoms with Crippen LogP contribution in [0.15, 0.2) is 30.3 Å². The van der Waals surface area contributed by atoms with Crippen molar-refractivity contribution in [2.75, 3.05) is 32.7 Å². The zero-order chi connectivity index (χ0) is 16.8. The summed E-state index contributed by atoms with van der Waals surface area (Å²) in [5.74, 6) is 1.47. The molecule has 4 heteroatoms. The van der Waals surface area contributed by atoms with Gasteiger partial charge in [-0.1, -0.05) is 37.3 Å². The molecule has 3 rings (SSSR count). The van der Waals surface area contributed by atoms with E-state index in [9.17, 15) is 4.79 Å². The molecule has 2 aliphatic rings. The van der Waals surface area contributed by atoms with E-state index in [2.05, 4.69) is 11.8 Å². The van der Waals surface area contributed by atoms with Gasteiger partial charge in [0.1, 0.15) is 6.61 Å². The van der Waals surface area contributed by atoms with Crippen molar-refractivity contribution < 1.29 is 9.53 Å². The van der Waals surface area contributed by atoms with Gasteiger partial charge in [-0.2, -0.15) is 0 Å². The van der Waals surface area contributed by atoms with Crippen molar-refractivity contribution in [3.8, 4) is 0 Å². The fraction of sp³-hybridized carbons (Fsp3) is 0.650. The zero-order valence-corrected chi connectivity index (χ0v) is 14.8. The number of benzene rings is 1. The van der Waals surface area contributed by atoms with Crippen molar-refractivity contribution in [3.63, 3.8) is 0 Å². The first-order valence-electron chi connectivity index (χ1n) is 9.38. The van der Waals surface area contributed by atoms with Gasteiger partial charge in [-0.25, -0.2) is 4.79 Å². The Labute approximate surface area is 145 Å². The molecule has 0 spiro atoms. The summed E-state index contributed by atoms with van der Waals surface area (Å²) in [6.07, 6.45) is 4.80. The Bertz CT molecular complexity index is 512. The van der Waals surface area contributed by atoms with Crippen LogP contribution in [-0.4, -0.2) is 48.6 Å². The lowest BCUT2D eigenvalue weighted by molar-refractivity contribution is 0.0687. The van der Waals surface area contributed by atoms with Gasteiger partial charge in [-0.05, 0) is 56.2 Å². The van der Waals surface area contributed by atoms with E-state index in [0.29, 0.717) is 12.5 Å². The van der Waals surface area contributed by atoms with Crippen molar-refractivity contribution in [2.45, 2.75) is 39.2 Å². The van der Waals surface area contributed by atoms with Crippen molar-refractivity contribution in [3.05, 3.63) is 35.9 Å². The van der Waals surface area contributed by atoms with Crippen LogP contribution >= 0.6 is 0 Å². The number of likely N-dealkylation sites (tertiary alicyclic amines) is 2. The number of nitrogens with zero attached hydrogens (tertiary/aromatic N) is 2. The smallest absolute Gasteiger partial charge is 0.410 e. The van der Waals surface area contributed by atoms with E-state index in [0.717, 1.165) is 37.5 Å². The van der Waals surface area contributed by atoms with Crippen LogP contribution < -0.4 is 0 Å². The number of hydrogen-bond acceptors (Lipinski definition) is 3. The monoisotopic (exact) mass is 330 g/mol. The molecule has 4 nitrogen and oxygen atoms in total. The number of piperidine rings is 2. The molecule has 1 aromatic rings. The highest BCUT2D eigenvalue weighted by atomic mass is 16.6. The summed E-state index contributed by atoms with van der Waals surface area (Å²) in [5, 5.41) is 0. The Morgan fingerprint density at radius 3 is 2.62 bits per heavy atom. The average molecular weight is 330 g/mol. The average Bonchev–Trinajstić information content (AvgIpc) is 2.63. The van der Waals surface area contributed by atoms with Crippen LogP contribution in [0, 0.1) is 11.8 Å². The topological polar surface area (TPSA) is 32.8 Å². The maximum absolute atomic E-state index is 12.3. The standard InChI is InChI=1S/C20H30N2O2/c1-17-9-12-21(13-10-17)14-19-8-5-11-22(15-19)20(23)24-16-18-6-3-2-4-7-18/h2-4,6-7,17,19H,5,8-16H2,1H3. The molecule has 2 heterocycles. The minimum atomic E-state index is -0.157. The number of carbonyl (C=O) groups excluding carboxylic acids is 1. The van der Waals surface area contributed by atoms with Gasteiger partial charge in [0.25, 0.3) is 0 Å². The molecule has 1 unspecified atom stereocenters. The van der Waals surface area contributed by atoms with Gasteiger partial charge in [0.15, 0.2) is 0 Å². The highest BCUT2D eigenvalue weighted by Crippen LogP contribution is 2.22. The highest BCUT2D eigenvalue weighted by molar-refractivity contribution is 5.67. The predicted octanol–water partition coefficient (Wildman–Crippen LogP) is 3.77. The molecule has 2 saturated heterocycles. The van der Waals surface area contributed by atoms with E-state index < -0.39 is 0 Å². The summed E-state index contributed by atoms with van der Waals surface area (Å²) in [6.45, 7) is 7.97. The second-order valence-corrected chi connectivity index (χ2v) is 7.48. The Morgan fingerprint density at radius 2 is 1.88 bits per heavy atom. The number of hydrogen-bond donors (Lipinski definition) is 0. The second kappa shape index (κ2) is 8.52. The molecule has 0 radical (unpaired) electrons. The number of carbonyl (C=O) groups is 1.